The van der Waals surface area contributed by atoms with Gasteiger partial charge in [0.25, 0.3) is 0 Å². The quantitative estimate of drug-likeness (QED) is 0.904. The van der Waals surface area contributed by atoms with Gasteiger partial charge in [-0.2, -0.15) is 13.2 Å². The van der Waals surface area contributed by atoms with Gasteiger partial charge in [0, 0.05) is 22.4 Å². The lowest BCUT2D eigenvalue weighted by molar-refractivity contribution is -0.139. The third-order valence-electron chi connectivity index (χ3n) is 2.64. The number of aliphatic hydroxyl groups is 1. The molecule has 1 heterocycles. The summed E-state index contributed by atoms with van der Waals surface area (Å²) >= 11 is 3.22. The number of nitrogens with zero attached hydrogens (tertiary/aromatic N) is 1. The first-order valence-corrected chi connectivity index (χ1v) is 6.13. The van der Waals surface area contributed by atoms with Crippen molar-refractivity contribution < 1.29 is 18.3 Å². The van der Waals surface area contributed by atoms with Crippen molar-refractivity contribution in [2.75, 3.05) is 0 Å². The highest BCUT2D eigenvalue weighted by Crippen LogP contribution is 2.36. The first-order valence-electron chi connectivity index (χ1n) is 5.34. The maximum atomic E-state index is 12.8. The number of aromatic nitrogens is 1. The molecule has 1 aromatic heterocycles. The summed E-state index contributed by atoms with van der Waals surface area (Å²) in [7, 11) is 0. The standard InChI is InChI=1S/C13H9BrF3NO/c14-9-3-1-8(2-4-9)12(19)10-7-18-6-5-11(10)13(15,16)17/h1-7,12,19H. The molecule has 19 heavy (non-hydrogen) atoms. The Morgan fingerprint density at radius 1 is 1.11 bits per heavy atom. The van der Waals surface area contributed by atoms with Crippen molar-refractivity contribution >= 4 is 15.9 Å². The van der Waals surface area contributed by atoms with Gasteiger partial charge in [-0.25, -0.2) is 0 Å². The van der Waals surface area contributed by atoms with Crippen molar-refractivity contribution in [2.24, 2.45) is 0 Å². The number of hydrogen-bond donors (Lipinski definition) is 1. The Labute approximate surface area is 116 Å². The van der Waals surface area contributed by atoms with E-state index in [-0.39, 0.29) is 5.56 Å². The highest BCUT2D eigenvalue weighted by Gasteiger charge is 2.35. The Hall–Kier alpha value is -1.40. The molecule has 2 aromatic rings. The van der Waals surface area contributed by atoms with Crippen LogP contribution in [0.3, 0.4) is 0 Å². The lowest BCUT2D eigenvalue weighted by atomic mass is 9.98. The average molecular weight is 332 g/mol. The van der Waals surface area contributed by atoms with Crippen molar-refractivity contribution in [3.63, 3.8) is 0 Å². The molecule has 100 valence electrons. The van der Waals surface area contributed by atoms with Gasteiger partial charge in [-0.15, -0.1) is 0 Å². The van der Waals surface area contributed by atoms with Gasteiger partial charge in [0.1, 0.15) is 6.10 Å². The molecule has 0 fully saturated rings. The van der Waals surface area contributed by atoms with Crippen LogP contribution in [0.4, 0.5) is 13.2 Å². The highest BCUT2D eigenvalue weighted by molar-refractivity contribution is 9.10. The largest absolute Gasteiger partial charge is 0.416 e. The van der Waals surface area contributed by atoms with Gasteiger partial charge in [-0.05, 0) is 23.8 Å². The molecule has 2 rings (SSSR count). The molecule has 0 aliphatic rings. The Morgan fingerprint density at radius 2 is 1.74 bits per heavy atom. The molecule has 0 aliphatic carbocycles. The first-order chi connectivity index (χ1) is 8.89. The zero-order chi connectivity index (χ0) is 14.0. The molecule has 1 N–H and O–H groups in total. The molecule has 0 saturated heterocycles. The zero-order valence-corrected chi connectivity index (χ0v) is 11.1. The minimum absolute atomic E-state index is 0.252. The van der Waals surface area contributed by atoms with E-state index < -0.39 is 17.8 Å². The third kappa shape index (κ3) is 3.13. The van der Waals surface area contributed by atoms with E-state index >= 15 is 0 Å². The second-order valence-corrected chi connectivity index (χ2v) is 4.83. The molecule has 1 unspecified atom stereocenters. The molecule has 1 atom stereocenters. The van der Waals surface area contributed by atoms with Crippen molar-refractivity contribution in [3.05, 3.63) is 63.9 Å². The molecule has 1 aromatic carbocycles. The van der Waals surface area contributed by atoms with Crippen LogP contribution in [0.2, 0.25) is 0 Å². The number of alkyl halides is 3. The summed E-state index contributed by atoms with van der Waals surface area (Å²) in [6.07, 6.45) is -3.79. The van der Waals surface area contributed by atoms with E-state index in [2.05, 4.69) is 20.9 Å². The van der Waals surface area contributed by atoms with Crippen LogP contribution in [-0.4, -0.2) is 10.1 Å². The van der Waals surface area contributed by atoms with Gasteiger partial charge in [-0.1, -0.05) is 28.1 Å². The van der Waals surface area contributed by atoms with Crippen LogP contribution in [0.5, 0.6) is 0 Å². The fraction of sp³-hybridized carbons (Fsp3) is 0.154. The SMILES string of the molecule is OC(c1ccc(Br)cc1)c1cnccc1C(F)(F)F. The molecule has 0 radical (unpaired) electrons. The van der Waals surface area contributed by atoms with E-state index in [4.69, 9.17) is 0 Å². The summed E-state index contributed by atoms with van der Waals surface area (Å²) < 4.78 is 39.3. The summed E-state index contributed by atoms with van der Waals surface area (Å²) in [6, 6.07) is 7.28. The van der Waals surface area contributed by atoms with Gasteiger partial charge >= 0.3 is 6.18 Å². The van der Waals surface area contributed by atoms with Gasteiger partial charge in [0.15, 0.2) is 0 Å². The summed E-state index contributed by atoms with van der Waals surface area (Å²) in [5.41, 5.74) is -0.753. The topological polar surface area (TPSA) is 33.1 Å². The first kappa shape index (κ1) is 14.0. The van der Waals surface area contributed by atoms with Crippen molar-refractivity contribution in [3.8, 4) is 0 Å². The zero-order valence-electron chi connectivity index (χ0n) is 9.53. The summed E-state index contributed by atoms with van der Waals surface area (Å²) in [5, 5.41) is 10.1. The molecule has 0 spiro atoms. The second-order valence-electron chi connectivity index (χ2n) is 3.91. The van der Waals surface area contributed by atoms with Crippen LogP contribution in [0, 0.1) is 0 Å². The van der Waals surface area contributed by atoms with Crippen molar-refractivity contribution in [1.29, 1.82) is 0 Å². The molecule has 0 bridgehead atoms. The number of benzene rings is 1. The fourth-order valence-electron chi connectivity index (χ4n) is 1.71. The van der Waals surface area contributed by atoms with E-state index in [1.54, 1.807) is 24.3 Å². The van der Waals surface area contributed by atoms with Crippen LogP contribution in [0.15, 0.2) is 47.2 Å². The Kier molecular flexibility index (Phi) is 3.91. The van der Waals surface area contributed by atoms with Crippen LogP contribution < -0.4 is 0 Å². The number of rotatable bonds is 2. The van der Waals surface area contributed by atoms with Gasteiger partial charge in [0.2, 0.25) is 0 Å². The Balaban J connectivity index is 2.44. The van der Waals surface area contributed by atoms with Crippen molar-refractivity contribution in [2.45, 2.75) is 12.3 Å². The van der Waals surface area contributed by atoms with Crippen LogP contribution in [-0.2, 0) is 6.18 Å². The number of hydrogen-bond acceptors (Lipinski definition) is 2. The van der Waals surface area contributed by atoms with E-state index in [9.17, 15) is 18.3 Å². The van der Waals surface area contributed by atoms with Gasteiger partial charge in [-0.3, -0.25) is 4.98 Å². The maximum Gasteiger partial charge on any atom is 0.416 e. The summed E-state index contributed by atoms with van der Waals surface area (Å²) in [5.74, 6) is 0. The van der Waals surface area contributed by atoms with Crippen LogP contribution >= 0.6 is 15.9 Å². The fourth-order valence-corrected chi connectivity index (χ4v) is 1.97. The smallest absolute Gasteiger partial charge is 0.384 e. The monoisotopic (exact) mass is 331 g/mol. The van der Waals surface area contributed by atoms with Gasteiger partial charge < -0.3 is 5.11 Å². The molecule has 0 amide bonds. The molecule has 2 nitrogen and oxygen atoms in total. The van der Waals surface area contributed by atoms with E-state index in [0.29, 0.717) is 5.56 Å². The number of aliphatic hydroxyl groups excluding tert-OH is 1. The third-order valence-corrected chi connectivity index (χ3v) is 3.17. The summed E-state index contributed by atoms with van der Waals surface area (Å²) in [4.78, 5) is 3.65. The number of halogens is 4. The maximum absolute atomic E-state index is 12.8. The van der Waals surface area contributed by atoms with E-state index in [0.717, 1.165) is 22.9 Å². The van der Waals surface area contributed by atoms with E-state index in [1.807, 2.05) is 0 Å². The van der Waals surface area contributed by atoms with Crippen LogP contribution in [0.25, 0.3) is 0 Å². The Morgan fingerprint density at radius 3 is 2.32 bits per heavy atom. The molecular weight excluding hydrogens is 323 g/mol. The predicted octanol–water partition coefficient (Wildman–Crippen LogP) is 3.94. The number of pyridine rings is 1. The van der Waals surface area contributed by atoms with Crippen LogP contribution in [0.1, 0.15) is 22.8 Å². The predicted molar refractivity (Wildman–Crippen MR) is 67.4 cm³/mol. The lowest BCUT2D eigenvalue weighted by Crippen LogP contribution is -2.13. The molecular formula is C13H9BrF3NO. The summed E-state index contributed by atoms with van der Waals surface area (Å²) in [6.45, 7) is 0. The second kappa shape index (κ2) is 5.30. The molecule has 0 saturated carbocycles. The Bertz CT molecular complexity index is 569. The minimum atomic E-state index is -4.52. The van der Waals surface area contributed by atoms with Crippen molar-refractivity contribution in [1.82, 2.24) is 4.98 Å². The minimum Gasteiger partial charge on any atom is -0.384 e. The highest BCUT2D eigenvalue weighted by atomic mass is 79.9. The van der Waals surface area contributed by atoms with Gasteiger partial charge in [0.05, 0.1) is 5.56 Å². The average Bonchev–Trinajstić information content (AvgIpc) is 2.38. The lowest BCUT2D eigenvalue weighted by Gasteiger charge is -2.17. The normalized spacial score (nSPS) is 13.3. The molecule has 6 heteroatoms. The van der Waals surface area contributed by atoms with E-state index in [1.165, 1.54) is 0 Å². The molecule has 0 aliphatic heterocycles.